The fourth-order valence-corrected chi connectivity index (χ4v) is 1.10. The van der Waals surface area contributed by atoms with E-state index in [1.165, 1.54) is 0 Å². The standard InChI is InChI=1S/C9H8BN3/c10-7-3-6(4-11)9(12-5-7)13-8-1-2-8/h3,5,8H,1-2H2,(H,12,13). The number of aromatic nitrogens is 1. The lowest BCUT2D eigenvalue weighted by Gasteiger charge is -2.05. The molecule has 2 radical (unpaired) electrons. The van der Waals surface area contributed by atoms with Crippen molar-refractivity contribution in [3.63, 3.8) is 0 Å². The molecule has 1 aromatic heterocycles. The molecule has 1 heterocycles. The molecule has 4 heteroatoms. The maximum atomic E-state index is 8.79. The van der Waals surface area contributed by atoms with Gasteiger partial charge in [0.1, 0.15) is 19.7 Å². The van der Waals surface area contributed by atoms with Gasteiger partial charge in [0.05, 0.1) is 5.56 Å². The monoisotopic (exact) mass is 169 g/mol. The number of anilines is 1. The molecule has 1 aliphatic rings. The van der Waals surface area contributed by atoms with Gasteiger partial charge in [0, 0.05) is 12.2 Å². The molecule has 0 saturated heterocycles. The van der Waals surface area contributed by atoms with Crippen LogP contribution in [0.25, 0.3) is 0 Å². The van der Waals surface area contributed by atoms with Crippen LogP contribution in [-0.2, 0) is 0 Å². The average Bonchev–Trinajstić information content (AvgIpc) is 2.92. The number of rotatable bonds is 2. The minimum atomic E-state index is 0.503. The Balaban J connectivity index is 2.27. The number of nitrogens with zero attached hydrogens (tertiary/aromatic N) is 2. The van der Waals surface area contributed by atoms with Crippen LogP contribution in [0.1, 0.15) is 18.4 Å². The summed E-state index contributed by atoms with van der Waals surface area (Å²) in [5.41, 5.74) is 1.05. The van der Waals surface area contributed by atoms with E-state index in [1.807, 2.05) is 0 Å². The van der Waals surface area contributed by atoms with Crippen LogP contribution < -0.4 is 10.8 Å². The molecule has 0 atom stereocenters. The van der Waals surface area contributed by atoms with Gasteiger partial charge in [-0.1, -0.05) is 5.46 Å². The smallest absolute Gasteiger partial charge is 0.144 e. The van der Waals surface area contributed by atoms with Crippen molar-refractivity contribution < 1.29 is 0 Å². The van der Waals surface area contributed by atoms with Crippen LogP contribution in [0.3, 0.4) is 0 Å². The third-order valence-electron chi connectivity index (χ3n) is 1.95. The Labute approximate surface area is 78.2 Å². The Morgan fingerprint density at radius 3 is 3.00 bits per heavy atom. The molecule has 2 rings (SSSR count). The van der Waals surface area contributed by atoms with Gasteiger partial charge in [-0.05, 0) is 18.9 Å². The van der Waals surface area contributed by atoms with Gasteiger partial charge in [0.25, 0.3) is 0 Å². The van der Waals surface area contributed by atoms with E-state index in [-0.39, 0.29) is 0 Å². The van der Waals surface area contributed by atoms with Gasteiger partial charge in [0.15, 0.2) is 0 Å². The fraction of sp³-hybridized carbons (Fsp3) is 0.333. The van der Waals surface area contributed by atoms with Gasteiger partial charge in [-0.25, -0.2) is 4.98 Å². The number of hydrogen-bond donors (Lipinski definition) is 1. The summed E-state index contributed by atoms with van der Waals surface area (Å²) in [6, 6.07) is 4.20. The van der Waals surface area contributed by atoms with Crippen LogP contribution in [0.5, 0.6) is 0 Å². The minimum Gasteiger partial charge on any atom is -0.366 e. The molecular weight excluding hydrogens is 161 g/mol. The Kier molecular flexibility index (Phi) is 1.93. The summed E-state index contributed by atoms with van der Waals surface area (Å²) in [6.45, 7) is 0. The van der Waals surface area contributed by atoms with Gasteiger partial charge >= 0.3 is 0 Å². The van der Waals surface area contributed by atoms with E-state index in [2.05, 4.69) is 16.4 Å². The van der Waals surface area contributed by atoms with Crippen molar-refractivity contribution in [1.82, 2.24) is 4.98 Å². The molecular formula is C9H8BN3. The molecule has 1 saturated carbocycles. The van der Waals surface area contributed by atoms with E-state index in [4.69, 9.17) is 13.1 Å². The van der Waals surface area contributed by atoms with Crippen LogP contribution in [0, 0.1) is 11.3 Å². The summed E-state index contributed by atoms with van der Waals surface area (Å²) in [5.74, 6) is 0.652. The second-order valence-corrected chi connectivity index (χ2v) is 3.20. The Morgan fingerprint density at radius 1 is 1.62 bits per heavy atom. The molecule has 62 valence electrons. The third kappa shape index (κ3) is 1.81. The number of nitriles is 1. The second kappa shape index (κ2) is 3.10. The van der Waals surface area contributed by atoms with Crippen molar-refractivity contribution >= 4 is 19.1 Å². The second-order valence-electron chi connectivity index (χ2n) is 3.20. The minimum absolute atomic E-state index is 0.503. The molecule has 1 aliphatic carbocycles. The summed E-state index contributed by atoms with van der Waals surface area (Å²) < 4.78 is 0. The van der Waals surface area contributed by atoms with Crippen LogP contribution in [0.15, 0.2) is 12.3 Å². The summed E-state index contributed by atoms with van der Waals surface area (Å²) in [6.07, 6.45) is 3.89. The van der Waals surface area contributed by atoms with Crippen LogP contribution in [-0.4, -0.2) is 18.9 Å². The molecule has 0 bridgehead atoms. The molecule has 0 amide bonds. The molecule has 3 nitrogen and oxygen atoms in total. The summed E-state index contributed by atoms with van der Waals surface area (Å²) in [7, 11) is 5.51. The lowest BCUT2D eigenvalue weighted by molar-refractivity contribution is 1.11. The zero-order valence-corrected chi connectivity index (χ0v) is 7.12. The average molecular weight is 169 g/mol. The van der Waals surface area contributed by atoms with E-state index < -0.39 is 0 Å². The zero-order valence-electron chi connectivity index (χ0n) is 7.12. The van der Waals surface area contributed by atoms with Gasteiger partial charge in [-0.15, -0.1) is 0 Å². The molecule has 1 aromatic rings. The Morgan fingerprint density at radius 2 is 2.38 bits per heavy atom. The third-order valence-corrected chi connectivity index (χ3v) is 1.95. The van der Waals surface area contributed by atoms with E-state index >= 15 is 0 Å². The Hall–Kier alpha value is -1.50. The van der Waals surface area contributed by atoms with E-state index in [9.17, 15) is 0 Å². The van der Waals surface area contributed by atoms with Crippen molar-refractivity contribution in [2.75, 3.05) is 5.32 Å². The maximum absolute atomic E-state index is 8.79. The fourth-order valence-electron chi connectivity index (χ4n) is 1.10. The van der Waals surface area contributed by atoms with Crippen molar-refractivity contribution in [3.05, 3.63) is 17.8 Å². The highest BCUT2D eigenvalue weighted by molar-refractivity contribution is 6.32. The highest BCUT2D eigenvalue weighted by atomic mass is 15.0. The lowest BCUT2D eigenvalue weighted by atomic mass is 9.97. The topological polar surface area (TPSA) is 48.7 Å². The molecule has 0 spiro atoms. The van der Waals surface area contributed by atoms with Gasteiger partial charge < -0.3 is 5.32 Å². The van der Waals surface area contributed by atoms with Crippen molar-refractivity contribution in [3.8, 4) is 6.07 Å². The number of hydrogen-bond acceptors (Lipinski definition) is 3. The van der Waals surface area contributed by atoms with Crippen molar-refractivity contribution in [2.24, 2.45) is 0 Å². The highest BCUT2D eigenvalue weighted by Gasteiger charge is 2.22. The summed E-state index contributed by atoms with van der Waals surface area (Å²) >= 11 is 0. The van der Waals surface area contributed by atoms with Gasteiger partial charge in [0.2, 0.25) is 0 Å². The molecule has 0 aromatic carbocycles. The number of nitrogens with one attached hydrogen (secondary N) is 1. The number of pyridine rings is 1. The molecule has 0 unspecified atom stereocenters. The van der Waals surface area contributed by atoms with E-state index in [1.54, 1.807) is 12.3 Å². The maximum Gasteiger partial charge on any atom is 0.144 e. The van der Waals surface area contributed by atoms with Crippen LogP contribution >= 0.6 is 0 Å². The van der Waals surface area contributed by atoms with E-state index in [0.717, 1.165) is 12.8 Å². The van der Waals surface area contributed by atoms with Gasteiger partial charge in [-0.2, -0.15) is 5.26 Å². The first kappa shape index (κ1) is 8.12. The Bertz CT molecular complexity index is 366. The van der Waals surface area contributed by atoms with E-state index in [0.29, 0.717) is 22.9 Å². The molecule has 13 heavy (non-hydrogen) atoms. The molecule has 1 N–H and O–H groups in total. The lowest BCUT2D eigenvalue weighted by Crippen LogP contribution is -2.10. The predicted molar refractivity (Wildman–Crippen MR) is 51.0 cm³/mol. The molecule has 0 aliphatic heterocycles. The first-order valence-corrected chi connectivity index (χ1v) is 4.22. The largest absolute Gasteiger partial charge is 0.366 e. The zero-order chi connectivity index (χ0) is 9.26. The predicted octanol–water partition coefficient (Wildman–Crippen LogP) is 0.321. The summed E-state index contributed by atoms with van der Waals surface area (Å²) in [4.78, 5) is 4.07. The first-order valence-electron chi connectivity index (χ1n) is 4.22. The van der Waals surface area contributed by atoms with Crippen molar-refractivity contribution in [2.45, 2.75) is 18.9 Å². The normalized spacial score (nSPS) is 15.0. The van der Waals surface area contributed by atoms with Crippen LogP contribution in [0.4, 0.5) is 5.82 Å². The molecule has 1 fully saturated rings. The van der Waals surface area contributed by atoms with Crippen LogP contribution in [0.2, 0.25) is 0 Å². The van der Waals surface area contributed by atoms with Gasteiger partial charge in [-0.3, -0.25) is 0 Å². The first-order chi connectivity index (χ1) is 6.29. The summed E-state index contributed by atoms with van der Waals surface area (Å²) in [5, 5.41) is 12.0. The highest BCUT2D eigenvalue weighted by Crippen LogP contribution is 2.24. The quantitative estimate of drug-likeness (QED) is 0.648. The van der Waals surface area contributed by atoms with Crippen molar-refractivity contribution in [1.29, 1.82) is 5.26 Å². The SMILES string of the molecule is [B]c1cnc(NC2CC2)c(C#N)c1.